The first-order chi connectivity index (χ1) is 12.3. The summed E-state index contributed by atoms with van der Waals surface area (Å²) in [6.07, 6.45) is 9.16. The van der Waals surface area contributed by atoms with E-state index in [9.17, 15) is 14.7 Å². The van der Waals surface area contributed by atoms with Crippen molar-refractivity contribution in [2.45, 2.75) is 83.3 Å². The minimum Gasteiger partial charge on any atom is -0.458 e. The smallest absolute Gasteiger partial charge is 0.306 e. The Balaban J connectivity index is 1.53. The van der Waals surface area contributed by atoms with E-state index in [0.29, 0.717) is 24.7 Å². The van der Waals surface area contributed by atoms with Crippen LogP contribution in [0.2, 0.25) is 0 Å². The summed E-state index contributed by atoms with van der Waals surface area (Å²) >= 11 is 0. The van der Waals surface area contributed by atoms with Crippen LogP contribution in [0.25, 0.3) is 0 Å². The van der Waals surface area contributed by atoms with E-state index >= 15 is 0 Å². The number of esters is 1. The van der Waals surface area contributed by atoms with Gasteiger partial charge in [0.25, 0.3) is 0 Å². The molecule has 142 valence electrons. The van der Waals surface area contributed by atoms with E-state index < -0.39 is 0 Å². The van der Waals surface area contributed by atoms with Gasteiger partial charge in [0, 0.05) is 18.3 Å². The molecule has 0 bridgehead atoms. The van der Waals surface area contributed by atoms with Crippen molar-refractivity contribution in [1.82, 2.24) is 0 Å². The molecule has 1 spiro atoms. The summed E-state index contributed by atoms with van der Waals surface area (Å²) in [4.78, 5) is 23.9. The second kappa shape index (κ2) is 5.21. The summed E-state index contributed by atoms with van der Waals surface area (Å²) in [5.74, 6) is 1.41. The molecule has 3 saturated carbocycles. The number of ether oxygens (including phenoxy) is 1. The van der Waals surface area contributed by atoms with Crippen molar-refractivity contribution in [2.75, 3.05) is 0 Å². The zero-order chi connectivity index (χ0) is 18.3. The largest absolute Gasteiger partial charge is 0.458 e. The third-order valence-electron chi connectivity index (χ3n) is 9.23. The molecule has 4 aliphatic carbocycles. The molecule has 26 heavy (non-hydrogen) atoms. The van der Waals surface area contributed by atoms with Crippen molar-refractivity contribution < 1.29 is 19.4 Å². The maximum Gasteiger partial charge on any atom is 0.306 e. The lowest BCUT2D eigenvalue weighted by Crippen LogP contribution is -2.59. The second-order valence-corrected chi connectivity index (χ2v) is 10.1. The van der Waals surface area contributed by atoms with E-state index in [-0.39, 0.29) is 40.2 Å². The van der Waals surface area contributed by atoms with Gasteiger partial charge >= 0.3 is 5.97 Å². The number of rotatable bonds is 0. The van der Waals surface area contributed by atoms with Crippen molar-refractivity contribution in [3.8, 4) is 0 Å². The third-order valence-corrected chi connectivity index (χ3v) is 9.23. The molecule has 0 amide bonds. The lowest BCUT2D eigenvalue weighted by atomic mass is 9.45. The second-order valence-electron chi connectivity index (χ2n) is 10.1. The minimum absolute atomic E-state index is 0.0420. The number of fused-ring (bicyclic) bond motifs is 6. The predicted octanol–water partition coefficient (Wildman–Crippen LogP) is 3.56. The monoisotopic (exact) mass is 358 g/mol. The molecule has 0 aromatic heterocycles. The Labute approximate surface area is 155 Å². The van der Waals surface area contributed by atoms with Crippen LogP contribution in [-0.2, 0) is 14.3 Å². The Kier molecular flexibility index (Phi) is 3.40. The average Bonchev–Trinajstić information content (AvgIpc) is 3.09. The molecular weight excluding hydrogens is 328 g/mol. The molecule has 4 fully saturated rings. The van der Waals surface area contributed by atoms with Gasteiger partial charge in [-0.2, -0.15) is 0 Å². The molecule has 4 heteroatoms. The van der Waals surface area contributed by atoms with Gasteiger partial charge in [0.15, 0.2) is 5.78 Å². The quantitative estimate of drug-likeness (QED) is 0.673. The van der Waals surface area contributed by atoms with E-state index in [0.717, 1.165) is 44.9 Å². The SMILES string of the molecule is C[C@]12CCC(=O)C=C1CC[C@@H]1[C@@H]2[C@@H](O)C[C@@]2(C)[C@H]1CC[C@@]21CCC(=O)O1. The first kappa shape index (κ1) is 17.0. The molecule has 5 aliphatic rings. The third kappa shape index (κ3) is 1.95. The Morgan fingerprint density at radius 3 is 2.62 bits per heavy atom. The maximum absolute atomic E-state index is 11.9. The summed E-state index contributed by atoms with van der Waals surface area (Å²) in [6.45, 7) is 4.56. The van der Waals surface area contributed by atoms with Crippen LogP contribution in [0, 0.1) is 28.6 Å². The van der Waals surface area contributed by atoms with E-state index in [4.69, 9.17) is 4.74 Å². The Morgan fingerprint density at radius 2 is 1.88 bits per heavy atom. The summed E-state index contributed by atoms with van der Waals surface area (Å²) in [6, 6.07) is 0. The van der Waals surface area contributed by atoms with Crippen LogP contribution in [0.3, 0.4) is 0 Å². The molecule has 1 heterocycles. The number of aliphatic hydroxyl groups is 1. The Morgan fingerprint density at radius 1 is 1.08 bits per heavy atom. The normalized spacial score (nSPS) is 53.0. The van der Waals surface area contributed by atoms with Gasteiger partial charge in [0.05, 0.1) is 6.10 Å². The summed E-state index contributed by atoms with van der Waals surface area (Å²) in [5, 5.41) is 11.3. The van der Waals surface area contributed by atoms with Crippen LogP contribution < -0.4 is 0 Å². The van der Waals surface area contributed by atoms with Crippen LogP contribution in [0.4, 0.5) is 0 Å². The van der Waals surface area contributed by atoms with Crippen LogP contribution in [0.5, 0.6) is 0 Å². The van der Waals surface area contributed by atoms with Crippen LogP contribution in [0.15, 0.2) is 11.6 Å². The number of allylic oxidation sites excluding steroid dienone is 1. The van der Waals surface area contributed by atoms with Gasteiger partial charge < -0.3 is 9.84 Å². The fourth-order valence-electron chi connectivity index (χ4n) is 7.97. The zero-order valence-corrected chi connectivity index (χ0v) is 15.9. The summed E-state index contributed by atoms with van der Waals surface area (Å²) in [7, 11) is 0. The number of aliphatic hydroxyl groups excluding tert-OH is 1. The number of hydrogen-bond donors (Lipinski definition) is 1. The molecule has 0 aromatic rings. The fourth-order valence-corrected chi connectivity index (χ4v) is 7.97. The molecule has 4 nitrogen and oxygen atoms in total. The van der Waals surface area contributed by atoms with Gasteiger partial charge in [0.2, 0.25) is 0 Å². The van der Waals surface area contributed by atoms with Crippen molar-refractivity contribution in [3.05, 3.63) is 11.6 Å². The fraction of sp³-hybridized carbons (Fsp3) is 0.818. The van der Waals surface area contributed by atoms with E-state index in [2.05, 4.69) is 13.8 Å². The van der Waals surface area contributed by atoms with E-state index in [1.807, 2.05) is 6.08 Å². The zero-order valence-electron chi connectivity index (χ0n) is 15.9. The topological polar surface area (TPSA) is 63.6 Å². The van der Waals surface area contributed by atoms with Gasteiger partial charge in [-0.1, -0.05) is 19.4 Å². The highest BCUT2D eigenvalue weighted by atomic mass is 16.6. The molecule has 1 N–H and O–H groups in total. The predicted molar refractivity (Wildman–Crippen MR) is 96.2 cm³/mol. The van der Waals surface area contributed by atoms with Crippen molar-refractivity contribution in [3.63, 3.8) is 0 Å². The van der Waals surface area contributed by atoms with Gasteiger partial charge in [0.1, 0.15) is 5.60 Å². The molecule has 7 atom stereocenters. The molecule has 5 rings (SSSR count). The van der Waals surface area contributed by atoms with E-state index in [1.54, 1.807) is 0 Å². The Hall–Kier alpha value is -1.16. The standard InChI is InChI=1S/C22H30O4/c1-20-8-5-14(23)11-13(20)3-4-15-16-6-9-22(10-7-18(25)26-22)21(16,2)12-17(24)19(15)20/h11,15-17,19,24H,3-10,12H2,1-2H3/t15-,16-,17-,19+,20-,21-,22+/m0/s1. The first-order valence-electron chi connectivity index (χ1n) is 10.4. The number of carbonyl (C=O) groups is 2. The van der Waals surface area contributed by atoms with Crippen molar-refractivity contribution >= 4 is 11.8 Å². The van der Waals surface area contributed by atoms with Gasteiger partial charge in [-0.25, -0.2) is 0 Å². The molecule has 0 radical (unpaired) electrons. The molecule has 1 saturated heterocycles. The lowest BCUT2D eigenvalue weighted by molar-refractivity contribution is -0.184. The average molecular weight is 358 g/mol. The number of carbonyl (C=O) groups excluding carboxylic acids is 2. The lowest BCUT2D eigenvalue weighted by Gasteiger charge is -2.60. The highest BCUT2D eigenvalue weighted by molar-refractivity contribution is 5.91. The highest BCUT2D eigenvalue weighted by Gasteiger charge is 2.68. The highest BCUT2D eigenvalue weighted by Crippen LogP contribution is 2.69. The van der Waals surface area contributed by atoms with Crippen LogP contribution in [0.1, 0.15) is 71.6 Å². The van der Waals surface area contributed by atoms with Gasteiger partial charge in [-0.15, -0.1) is 0 Å². The summed E-state index contributed by atoms with van der Waals surface area (Å²) in [5.41, 5.74) is 0.777. The van der Waals surface area contributed by atoms with Gasteiger partial charge in [-0.05, 0) is 74.2 Å². The van der Waals surface area contributed by atoms with E-state index in [1.165, 1.54) is 5.57 Å². The Bertz CT molecular complexity index is 711. The first-order valence-corrected chi connectivity index (χ1v) is 10.4. The number of hydrogen-bond acceptors (Lipinski definition) is 4. The van der Waals surface area contributed by atoms with Gasteiger partial charge in [-0.3, -0.25) is 9.59 Å². The summed E-state index contributed by atoms with van der Waals surface area (Å²) < 4.78 is 5.95. The minimum atomic E-state index is -0.377. The van der Waals surface area contributed by atoms with Crippen molar-refractivity contribution in [1.29, 1.82) is 0 Å². The van der Waals surface area contributed by atoms with Crippen LogP contribution >= 0.6 is 0 Å². The van der Waals surface area contributed by atoms with Crippen molar-refractivity contribution in [2.24, 2.45) is 28.6 Å². The molecular formula is C22H30O4. The van der Waals surface area contributed by atoms with Crippen LogP contribution in [-0.4, -0.2) is 28.6 Å². The maximum atomic E-state index is 11.9. The molecule has 0 aromatic carbocycles. The molecule has 0 unspecified atom stereocenters. The number of ketones is 1. The molecule has 1 aliphatic heterocycles.